The highest BCUT2D eigenvalue weighted by atomic mass is 15.1. The Morgan fingerprint density at radius 1 is 1.28 bits per heavy atom. The number of rotatable bonds is 10. The van der Waals surface area contributed by atoms with Crippen molar-refractivity contribution in [2.24, 2.45) is 17.1 Å². The van der Waals surface area contributed by atoms with Gasteiger partial charge in [-0.1, -0.05) is 27.2 Å². The molecule has 1 aliphatic carbocycles. The molecule has 106 valence electrons. The van der Waals surface area contributed by atoms with E-state index in [1.54, 1.807) is 0 Å². The largest absolute Gasteiger partial charge is 0.387 e. The maximum Gasteiger partial charge on any atom is 0.0963 e. The first-order chi connectivity index (χ1) is 8.45. The zero-order chi connectivity index (χ0) is 13.6. The van der Waals surface area contributed by atoms with Crippen LogP contribution < -0.4 is 5.73 Å². The zero-order valence-electron chi connectivity index (χ0n) is 12.5. The van der Waals surface area contributed by atoms with Crippen molar-refractivity contribution in [1.29, 1.82) is 5.41 Å². The Kier molecular flexibility index (Phi) is 6.13. The Balaban J connectivity index is 2.15. The molecule has 0 atom stereocenters. The normalized spacial score (nSPS) is 16.2. The quantitative estimate of drug-likeness (QED) is 0.357. The van der Waals surface area contributed by atoms with Gasteiger partial charge in [-0.15, -0.1) is 0 Å². The summed E-state index contributed by atoms with van der Waals surface area (Å²) < 4.78 is 0. The first kappa shape index (κ1) is 15.5. The molecule has 0 spiro atoms. The first-order valence-corrected chi connectivity index (χ1v) is 7.52. The SMILES string of the molecule is CCCN(CCCCC(C)(C)C(=N)N)CC1CC1. The van der Waals surface area contributed by atoms with Crippen molar-refractivity contribution >= 4 is 5.84 Å². The van der Waals surface area contributed by atoms with Gasteiger partial charge in [-0.25, -0.2) is 0 Å². The second-order valence-electron chi connectivity index (χ2n) is 6.50. The molecule has 0 aromatic heterocycles. The van der Waals surface area contributed by atoms with Crippen molar-refractivity contribution in [3.05, 3.63) is 0 Å². The van der Waals surface area contributed by atoms with Crippen LogP contribution in [0, 0.1) is 16.7 Å². The van der Waals surface area contributed by atoms with Crippen molar-refractivity contribution < 1.29 is 0 Å². The summed E-state index contributed by atoms with van der Waals surface area (Å²) in [6, 6.07) is 0. The van der Waals surface area contributed by atoms with E-state index < -0.39 is 0 Å². The van der Waals surface area contributed by atoms with Crippen LogP contribution in [0.15, 0.2) is 0 Å². The second-order valence-corrected chi connectivity index (χ2v) is 6.50. The molecule has 1 fully saturated rings. The predicted octanol–water partition coefficient (Wildman–Crippen LogP) is 3.24. The van der Waals surface area contributed by atoms with Gasteiger partial charge in [-0.3, -0.25) is 5.41 Å². The van der Waals surface area contributed by atoms with Crippen molar-refractivity contribution in [3.8, 4) is 0 Å². The van der Waals surface area contributed by atoms with Gasteiger partial charge in [0.2, 0.25) is 0 Å². The molecule has 18 heavy (non-hydrogen) atoms. The minimum atomic E-state index is -0.119. The molecule has 3 heteroatoms. The van der Waals surface area contributed by atoms with E-state index in [4.69, 9.17) is 11.1 Å². The average Bonchev–Trinajstić information content (AvgIpc) is 3.08. The van der Waals surface area contributed by atoms with Crippen LogP contribution in [0.1, 0.15) is 59.3 Å². The fourth-order valence-corrected chi connectivity index (χ4v) is 2.31. The van der Waals surface area contributed by atoms with Gasteiger partial charge < -0.3 is 10.6 Å². The fourth-order valence-electron chi connectivity index (χ4n) is 2.31. The summed E-state index contributed by atoms with van der Waals surface area (Å²) in [6.07, 6.45) is 7.59. The topological polar surface area (TPSA) is 53.1 Å². The number of hydrogen-bond donors (Lipinski definition) is 2. The Bertz CT molecular complexity index is 256. The van der Waals surface area contributed by atoms with Crippen molar-refractivity contribution in [3.63, 3.8) is 0 Å². The van der Waals surface area contributed by atoms with E-state index in [1.807, 2.05) is 0 Å². The molecule has 0 saturated heterocycles. The monoisotopic (exact) mass is 253 g/mol. The summed E-state index contributed by atoms with van der Waals surface area (Å²) in [5, 5.41) is 7.55. The second kappa shape index (κ2) is 7.13. The van der Waals surface area contributed by atoms with Gasteiger partial charge in [0, 0.05) is 12.0 Å². The van der Waals surface area contributed by atoms with E-state index in [9.17, 15) is 0 Å². The van der Waals surface area contributed by atoms with Crippen molar-refractivity contribution in [2.45, 2.75) is 59.3 Å². The molecule has 1 rings (SSSR count). The predicted molar refractivity (Wildman–Crippen MR) is 79.0 cm³/mol. The summed E-state index contributed by atoms with van der Waals surface area (Å²) >= 11 is 0. The van der Waals surface area contributed by atoms with E-state index in [-0.39, 0.29) is 5.41 Å². The Hall–Kier alpha value is -0.570. The molecule has 0 heterocycles. The van der Waals surface area contributed by atoms with Crippen LogP contribution >= 0.6 is 0 Å². The third-order valence-electron chi connectivity index (χ3n) is 4.01. The number of nitrogens with one attached hydrogen (secondary N) is 1. The molecular formula is C15H31N3. The molecule has 0 aromatic carbocycles. The van der Waals surface area contributed by atoms with Crippen molar-refractivity contribution in [2.75, 3.05) is 19.6 Å². The summed E-state index contributed by atoms with van der Waals surface area (Å²) in [5.41, 5.74) is 5.49. The van der Waals surface area contributed by atoms with Crippen LogP contribution in [-0.4, -0.2) is 30.4 Å². The van der Waals surface area contributed by atoms with Gasteiger partial charge in [-0.05, 0) is 51.1 Å². The zero-order valence-corrected chi connectivity index (χ0v) is 12.5. The number of unbranched alkanes of at least 4 members (excludes halogenated alkanes) is 1. The molecule has 0 unspecified atom stereocenters. The van der Waals surface area contributed by atoms with Crippen LogP contribution in [0.5, 0.6) is 0 Å². The van der Waals surface area contributed by atoms with E-state index in [0.717, 1.165) is 12.3 Å². The highest BCUT2D eigenvalue weighted by Crippen LogP contribution is 2.30. The first-order valence-electron chi connectivity index (χ1n) is 7.52. The van der Waals surface area contributed by atoms with Crippen LogP contribution in [-0.2, 0) is 0 Å². The highest BCUT2D eigenvalue weighted by molar-refractivity contribution is 5.82. The van der Waals surface area contributed by atoms with Gasteiger partial charge in [0.1, 0.15) is 0 Å². The number of amidine groups is 1. The Morgan fingerprint density at radius 2 is 1.94 bits per heavy atom. The third-order valence-corrected chi connectivity index (χ3v) is 4.01. The molecule has 1 saturated carbocycles. The standard InChI is InChI=1S/C15H31N3/c1-4-10-18(12-13-7-8-13)11-6-5-9-15(2,3)14(16)17/h13H,4-12H2,1-3H3,(H3,16,17). The van der Waals surface area contributed by atoms with Gasteiger partial charge in [-0.2, -0.15) is 0 Å². The average molecular weight is 253 g/mol. The number of nitrogens with two attached hydrogens (primary N) is 1. The minimum absolute atomic E-state index is 0.119. The summed E-state index contributed by atoms with van der Waals surface area (Å²) in [5.74, 6) is 1.32. The molecule has 1 aliphatic rings. The third kappa shape index (κ3) is 5.85. The molecule has 3 N–H and O–H groups in total. The smallest absolute Gasteiger partial charge is 0.0963 e. The van der Waals surface area contributed by atoms with Crippen LogP contribution in [0.25, 0.3) is 0 Å². The van der Waals surface area contributed by atoms with E-state index >= 15 is 0 Å². The molecule has 0 bridgehead atoms. The summed E-state index contributed by atoms with van der Waals surface area (Å²) in [6.45, 7) is 10.2. The molecule has 0 radical (unpaired) electrons. The molecule has 0 amide bonds. The van der Waals surface area contributed by atoms with Gasteiger partial charge >= 0.3 is 0 Å². The molecule has 0 aromatic rings. The number of hydrogen-bond acceptors (Lipinski definition) is 2. The lowest BCUT2D eigenvalue weighted by atomic mass is 9.86. The van der Waals surface area contributed by atoms with E-state index in [2.05, 4.69) is 25.7 Å². The van der Waals surface area contributed by atoms with Gasteiger partial charge in [0.25, 0.3) is 0 Å². The lowest BCUT2D eigenvalue weighted by Gasteiger charge is -2.25. The Labute approximate surface area is 113 Å². The van der Waals surface area contributed by atoms with Crippen LogP contribution in [0.4, 0.5) is 0 Å². The van der Waals surface area contributed by atoms with E-state index in [1.165, 1.54) is 51.7 Å². The lowest BCUT2D eigenvalue weighted by Crippen LogP contribution is -2.31. The molecular weight excluding hydrogens is 222 g/mol. The van der Waals surface area contributed by atoms with Crippen molar-refractivity contribution in [1.82, 2.24) is 4.90 Å². The maximum atomic E-state index is 7.55. The van der Waals surface area contributed by atoms with Gasteiger partial charge in [0.05, 0.1) is 5.84 Å². The van der Waals surface area contributed by atoms with Gasteiger partial charge in [0.15, 0.2) is 0 Å². The highest BCUT2D eigenvalue weighted by Gasteiger charge is 2.24. The van der Waals surface area contributed by atoms with E-state index in [0.29, 0.717) is 5.84 Å². The van der Waals surface area contributed by atoms with Crippen LogP contribution in [0.3, 0.4) is 0 Å². The number of nitrogens with zero attached hydrogens (tertiary/aromatic N) is 1. The summed E-state index contributed by atoms with van der Waals surface area (Å²) in [7, 11) is 0. The Morgan fingerprint density at radius 3 is 2.44 bits per heavy atom. The summed E-state index contributed by atoms with van der Waals surface area (Å²) in [4.78, 5) is 2.62. The van der Waals surface area contributed by atoms with Crippen LogP contribution in [0.2, 0.25) is 0 Å². The fraction of sp³-hybridized carbons (Fsp3) is 0.933. The molecule has 0 aliphatic heterocycles. The molecule has 3 nitrogen and oxygen atoms in total. The maximum absolute atomic E-state index is 7.55. The lowest BCUT2D eigenvalue weighted by molar-refractivity contribution is 0.253. The minimum Gasteiger partial charge on any atom is -0.387 e.